The van der Waals surface area contributed by atoms with Gasteiger partial charge in [-0.25, -0.2) is 0 Å². The predicted octanol–water partition coefficient (Wildman–Crippen LogP) is -1.11. The molecule has 0 aromatic carbocycles. The van der Waals surface area contributed by atoms with Crippen molar-refractivity contribution < 1.29 is 5.11 Å². The molecule has 0 aliphatic carbocycles. The fourth-order valence-electron chi connectivity index (χ4n) is 1.93. The highest BCUT2D eigenvalue weighted by atomic mass is 16.3. The van der Waals surface area contributed by atoms with Gasteiger partial charge in [-0.05, 0) is 31.8 Å². The van der Waals surface area contributed by atoms with E-state index in [-0.39, 0.29) is 14.5 Å². The normalized spacial score (nSPS) is 44.7. The van der Waals surface area contributed by atoms with Gasteiger partial charge < -0.3 is 10.0 Å². The summed E-state index contributed by atoms with van der Waals surface area (Å²) < 4.78 is 0. The number of aliphatic hydroxyl groups excluding tert-OH is 1. The molecule has 2 bridgehead atoms. The van der Waals surface area contributed by atoms with Gasteiger partial charge in [0, 0.05) is 6.54 Å². The van der Waals surface area contributed by atoms with Crippen LogP contribution < -0.4 is 0 Å². The highest BCUT2D eigenvalue weighted by Crippen LogP contribution is 2.26. The third kappa shape index (κ3) is 1.20. The molecule has 0 aromatic rings. The van der Waals surface area contributed by atoms with Crippen LogP contribution in [-0.4, -0.2) is 44.2 Å². The second-order valence-electron chi connectivity index (χ2n) is 3.21. The molecule has 3 aliphatic rings. The lowest BCUT2D eigenvalue weighted by atomic mass is 9.86. The fourth-order valence-corrected chi connectivity index (χ4v) is 1.93. The van der Waals surface area contributed by atoms with Crippen LogP contribution in [0.25, 0.3) is 0 Å². The van der Waals surface area contributed by atoms with Crippen LogP contribution in [0.15, 0.2) is 0 Å². The molecular weight excluding hydrogens is 125 g/mol. The van der Waals surface area contributed by atoms with Gasteiger partial charge in [-0.1, -0.05) is 0 Å². The van der Waals surface area contributed by atoms with E-state index < -0.39 is 0 Å². The van der Waals surface area contributed by atoms with Crippen molar-refractivity contribution in [2.24, 2.45) is 5.92 Å². The molecule has 10 heavy (non-hydrogen) atoms. The highest BCUT2D eigenvalue weighted by Gasteiger charge is 2.32. The zero-order valence-electron chi connectivity index (χ0n) is 5.58. The summed E-state index contributed by atoms with van der Waals surface area (Å²) in [4.78, 5) is 2.35. The molecule has 0 spiro atoms. The van der Waals surface area contributed by atoms with E-state index in [4.69, 9.17) is 0 Å². The van der Waals surface area contributed by atoms with Crippen LogP contribution in [0.5, 0.6) is 0 Å². The molecule has 3 heterocycles. The molecule has 3 saturated heterocycles. The zero-order chi connectivity index (χ0) is 6.27. The van der Waals surface area contributed by atoms with Gasteiger partial charge >= 0.3 is 0 Å². The molecule has 3 fully saturated rings. The molecular formula is C7H16BNO. The summed E-state index contributed by atoms with van der Waals surface area (Å²) in [7, 11) is 0. The van der Waals surface area contributed by atoms with Gasteiger partial charge in [-0.3, -0.25) is 0 Å². The van der Waals surface area contributed by atoms with Crippen LogP contribution in [0.3, 0.4) is 0 Å². The Morgan fingerprint density at radius 3 is 2.00 bits per heavy atom. The summed E-state index contributed by atoms with van der Waals surface area (Å²) in [5.41, 5.74) is 0. The van der Waals surface area contributed by atoms with Crippen molar-refractivity contribution in [1.82, 2.24) is 4.90 Å². The average molecular weight is 141 g/mol. The van der Waals surface area contributed by atoms with Crippen LogP contribution >= 0.6 is 0 Å². The number of fused-ring (bicyclic) bond motifs is 3. The minimum atomic E-state index is -0.00694. The number of aliphatic hydroxyl groups is 1. The summed E-state index contributed by atoms with van der Waals surface area (Å²) >= 11 is 0. The van der Waals surface area contributed by atoms with Crippen LogP contribution in [0, 0.1) is 5.92 Å². The lowest BCUT2D eigenvalue weighted by molar-refractivity contribution is -0.0227. The van der Waals surface area contributed by atoms with E-state index in [0.29, 0.717) is 5.92 Å². The summed E-state index contributed by atoms with van der Waals surface area (Å²) in [6.07, 6.45) is 2.44. The van der Waals surface area contributed by atoms with Gasteiger partial charge in [0.05, 0.1) is 14.5 Å². The van der Waals surface area contributed by atoms with Gasteiger partial charge in [0.15, 0.2) is 0 Å². The van der Waals surface area contributed by atoms with Gasteiger partial charge in [0.1, 0.15) is 0 Å². The van der Waals surface area contributed by atoms with Crippen molar-refractivity contribution in [2.75, 3.05) is 19.6 Å². The van der Waals surface area contributed by atoms with Gasteiger partial charge in [-0.2, -0.15) is 0 Å². The molecule has 1 atom stereocenters. The summed E-state index contributed by atoms with van der Waals surface area (Å²) in [5.74, 6) is 0.634. The standard InChI is InChI=1S/C7H13NO.BH3/c9-7-5-8-3-1-6(7)2-4-8;/h6-7,9H,1-5H2;1H3/t7-;/m1./s1. The van der Waals surface area contributed by atoms with Crippen molar-refractivity contribution >= 4 is 8.41 Å². The minimum Gasteiger partial charge on any atom is -0.392 e. The molecule has 3 aliphatic heterocycles. The van der Waals surface area contributed by atoms with E-state index in [1.165, 1.54) is 25.9 Å². The third-order valence-corrected chi connectivity index (χ3v) is 2.62. The van der Waals surface area contributed by atoms with Crippen LogP contribution in [0.4, 0.5) is 0 Å². The summed E-state index contributed by atoms with van der Waals surface area (Å²) in [6.45, 7) is 3.38. The maximum atomic E-state index is 9.36. The van der Waals surface area contributed by atoms with Crippen molar-refractivity contribution in [3.8, 4) is 0 Å². The first kappa shape index (κ1) is 8.09. The largest absolute Gasteiger partial charge is 0.392 e. The minimum absolute atomic E-state index is 0. The van der Waals surface area contributed by atoms with Gasteiger partial charge in [-0.15, -0.1) is 0 Å². The molecule has 3 rings (SSSR count). The molecule has 0 amide bonds. The molecule has 0 aromatic heterocycles. The van der Waals surface area contributed by atoms with Crippen LogP contribution in [0.1, 0.15) is 12.8 Å². The lowest BCUT2D eigenvalue weighted by Crippen LogP contribution is -2.50. The predicted molar refractivity (Wildman–Crippen MR) is 45.1 cm³/mol. The van der Waals surface area contributed by atoms with Gasteiger partial charge in [0.25, 0.3) is 0 Å². The molecule has 58 valence electrons. The van der Waals surface area contributed by atoms with E-state index in [9.17, 15) is 5.11 Å². The van der Waals surface area contributed by atoms with Crippen molar-refractivity contribution in [3.05, 3.63) is 0 Å². The molecule has 2 nitrogen and oxygen atoms in total. The van der Waals surface area contributed by atoms with Crippen molar-refractivity contribution in [2.45, 2.75) is 18.9 Å². The zero-order valence-corrected chi connectivity index (χ0v) is 5.58. The molecule has 0 saturated carbocycles. The first-order chi connectivity index (χ1) is 4.36. The Morgan fingerprint density at radius 1 is 1.20 bits per heavy atom. The molecule has 3 heteroatoms. The highest BCUT2D eigenvalue weighted by molar-refractivity contribution is 5.75. The Labute approximate surface area is 63.8 Å². The van der Waals surface area contributed by atoms with E-state index in [1.54, 1.807) is 0 Å². The van der Waals surface area contributed by atoms with Gasteiger partial charge in [0.2, 0.25) is 0 Å². The molecule has 1 N–H and O–H groups in total. The van der Waals surface area contributed by atoms with Crippen molar-refractivity contribution in [1.29, 1.82) is 0 Å². The monoisotopic (exact) mass is 141 g/mol. The number of piperidine rings is 3. The first-order valence-corrected chi connectivity index (χ1v) is 3.76. The second-order valence-corrected chi connectivity index (χ2v) is 3.21. The molecule has 0 unspecified atom stereocenters. The first-order valence-electron chi connectivity index (χ1n) is 3.76. The van der Waals surface area contributed by atoms with Crippen molar-refractivity contribution in [3.63, 3.8) is 0 Å². The lowest BCUT2D eigenvalue weighted by Gasteiger charge is -2.42. The Balaban J connectivity index is 0.000000500. The van der Waals surface area contributed by atoms with E-state index >= 15 is 0 Å². The average Bonchev–Trinajstić information content (AvgIpc) is 1.90. The summed E-state index contributed by atoms with van der Waals surface area (Å²) in [6, 6.07) is 0. The Morgan fingerprint density at radius 2 is 1.80 bits per heavy atom. The third-order valence-electron chi connectivity index (χ3n) is 2.62. The number of hydrogen-bond acceptors (Lipinski definition) is 2. The number of rotatable bonds is 0. The Hall–Kier alpha value is -0.0151. The second kappa shape index (κ2) is 2.93. The number of hydrogen-bond donors (Lipinski definition) is 1. The maximum Gasteiger partial charge on any atom is 0.0814 e. The quantitative estimate of drug-likeness (QED) is 0.432. The SMILES string of the molecule is B.O[C@@H]1CN2CCC1CC2. The van der Waals surface area contributed by atoms with Crippen LogP contribution in [-0.2, 0) is 0 Å². The maximum absolute atomic E-state index is 9.36. The van der Waals surface area contributed by atoms with Crippen LogP contribution in [0.2, 0.25) is 0 Å². The molecule has 0 radical (unpaired) electrons. The Bertz CT molecular complexity index is 112. The van der Waals surface area contributed by atoms with E-state index in [2.05, 4.69) is 4.90 Å². The fraction of sp³-hybridized carbons (Fsp3) is 1.00. The van der Waals surface area contributed by atoms with E-state index in [0.717, 1.165) is 6.54 Å². The Kier molecular flexibility index (Phi) is 2.37. The van der Waals surface area contributed by atoms with E-state index in [1.807, 2.05) is 0 Å². The summed E-state index contributed by atoms with van der Waals surface area (Å²) in [5, 5.41) is 9.36. The number of nitrogens with zero attached hydrogens (tertiary/aromatic N) is 1. The topological polar surface area (TPSA) is 23.5 Å². The smallest absolute Gasteiger partial charge is 0.0814 e.